The molecule has 2 aromatic rings. The first kappa shape index (κ1) is 19.1. The summed E-state index contributed by atoms with van der Waals surface area (Å²) >= 11 is 0. The molecule has 0 radical (unpaired) electrons. The van der Waals surface area contributed by atoms with Gasteiger partial charge in [0.2, 0.25) is 10.0 Å². The zero-order valence-electron chi connectivity index (χ0n) is 14.7. The molecule has 0 unspecified atom stereocenters. The molecular formula is C20H23NO3S. The molecule has 0 saturated heterocycles. The number of carbonyl (C=O) groups is 1. The van der Waals surface area contributed by atoms with Gasteiger partial charge in [0.1, 0.15) is 0 Å². The Morgan fingerprint density at radius 1 is 1.08 bits per heavy atom. The average Bonchev–Trinajstić information content (AvgIpc) is 2.59. The lowest BCUT2D eigenvalue weighted by Gasteiger charge is -2.20. The van der Waals surface area contributed by atoms with Gasteiger partial charge in [0, 0.05) is 5.57 Å². The second kappa shape index (κ2) is 7.76. The Kier molecular flexibility index (Phi) is 5.93. The largest absolute Gasteiger partial charge is 0.295 e. The summed E-state index contributed by atoms with van der Waals surface area (Å²) in [6, 6.07) is 13.3. The first-order valence-electron chi connectivity index (χ1n) is 8.12. The van der Waals surface area contributed by atoms with E-state index in [1.807, 2.05) is 38.1 Å². The number of carbonyl (C=O) groups excluding carboxylic acids is 1. The van der Waals surface area contributed by atoms with Crippen molar-refractivity contribution in [3.63, 3.8) is 0 Å². The van der Waals surface area contributed by atoms with Gasteiger partial charge in [-0.05, 0) is 43.5 Å². The van der Waals surface area contributed by atoms with Gasteiger partial charge in [-0.25, -0.2) is 8.42 Å². The van der Waals surface area contributed by atoms with Crippen molar-refractivity contribution >= 4 is 15.8 Å². The summed E-state index contributed by atoms with van der Waals surface area (Å²) < 4.78 is 28.0. The third-order valence-corrected chi connectivity index (χ3v) is 5.57. The number of aryl methyl sites for hydroxylation is 2. The molecule has 0 spiro atoms. The first-order chi connectivity index (χ1) is 11.7. The van der Waals surface area contributed by atoms with Crippen molar-refractivity contribution in [1.82, 2.24) is 4.72 Å². The summed E-state index contributed by atoms with van der Waals surface area (Å²) in [5.41, 5.74) is 3.00. The van der Waals surface area contributed by atoms with Gasteiger partial charge >= 0.3 is 0 Å². The molecule has 5 heteroatoms. The molecule has 2 aromatic carbocycles. The molecule has 0 saturated carbocycles. The second-order valence-corrected chi connectivity index (χ2v) is 7.76. The number of sulfonamides is 1. The normalized spacial score (nSPS) is 12.6. The van der Waals surface area contributed by atoms with E-state index in [1.165, 1.54) is 6.92 Å². The van der Waals surface area contributed by atoms with Crippen LogP contribution >= 0.6 is 0 Å². The van der Waals surface area contributed by atoms with Gasteiger partial charge in [0.25, 0.3) is 0 Å². The van der Waals surface area contributed by atoms with E-state index in [-0.39, 0.29) is 16.3 Å². The molecule has 0 fully saturated rings. The topological polar surface area (TPSA) is 63.2 Å². The zero-order valence-corrected chi connectivity index (χ0v) is 15.6. The minimum atomic E-state index is -3.78. The Balaban J connectivity index is 2.40. The molecule has 0 amide bonds. The van der Waals surface area contributed by atoms with Gasteiger partial charge in [-0.3, -0.25) is 4.79 Å². The van der Waals surface area contributed by atoms with Gasteiger partial charge in [-0.2, -0.15) is 4.72 Å². The third kappa shape index (κ3) is 4.65. The van der Waals surface area contributed by atoms with Crippen LogP contribution in [0.1, 0.15) is 36.6 Å². The lowest BCUT2D eigenvalue weighted by molar-refractivity contribution is -0.113. The SMILES string of the molecule is C=C(C(C)=O)[C@H](NS(=O)(=O)c1ccc(C)cc1)c1ccc(CC)cc1. The summed E-state index contributed by atoms with van der Waals surface area (Å²) in [7, 11) is -3.78. The summed E-state index contributed by atoms with van der Waals surface area (Å²) in [4.78, 5) is 12.0. The Labute approximate surface area is 149 Å². The van der Waals surface area contributed by atoms with Crippen LogP contribution in [0, 0.1) is 6.92 Å². The number of hydrogen-bond donors (Lipinski definition) is 1. The maximum absolute atomic E-state index is 12.7. The van der Waals surface area contributed by atoms with Crippen molar-refractivity contribution in [1.29, 1.82) is 0 Å². The summed E-state index contributed by atoms with van der Waals surface area (Å²) in [6.07, 6.45) is 0.883. The highest BCUT2D eigenvalue weighted by Crippen LogP contribution is 2.25. The van der Waals surface area contributed by atoms with E-state index in [0.717, 1.165) is 17.5 Å². The maximum atomic E-state index is 12.7. The Bertz CT molecular complexity index is 866. The standard InChI is InChI=1S/C20H23NO3S/c1-5-17-8-10-18(11-9-17)20(15(3)16(4)22)21-25(23,24)19-12-6-14(2)7-13-19/h6-13,20-21H,3,5H2,1-2,4H3/t20-/m0/s1. The van der Waals surface area contributed by atoms with E-state index in [4.69, 9.17) is 0 Å². The van der Waals surface area contributed by atoms with E-state index in [0.29, 0.717) is 5.56 Å². The Morgan fingerprint density at radius 3 is 2.12 bits per heavy atom. The van der Waals surface area contributed by atoms with Crippen molar-refractivity contribution < 1.29 is 13.2 Å². The number of rotatable bonds is 7. The predicted molar refractivity (Wildman–Crippen MR) is 99.9 cm³/mol. The molecule has 1 atom stereocenters. The van der Waals surface area contributed by atoms with Gasteiger partial charge in [0.05, 0.1) is 10.9 Å². The summed E-state index contributed by atoms with van der Waals surface area (Å²) in [6.45, 7) is 9.10. The van der Waals surface area contributed by atoms with Crippen LogP contribution in [0.4, 0.5) is 0 Å². The van der Waals surface area contributed by atoms with Crippen LogP contribution in [-0.4, -0.2) is 14.2 Å². The quantitative estimate of drug-likeness (QED) is 0.768. The maximum Gasteiger partial charge on any atom is 0.241 e. The molecule has 0 aromatic heterocycles. The highest BCUT2D eigenvalue weighted by Gasteiger charge is 2.25. The molecular weight excluding hydrogens is 334 g/mol. The lowest BCUT2D eigenvalue weighted by Crippen LogP contribution is -2.31. The molecule has 2 rings (SSSR count). The van der Waals surface area contributed by atoms with Crippen LogP contribution in [-0.2, 0) is 21.2 Å². The number of ketones is 1. The molecule has 0 heterocycles. The fourth-order valence-electron chi connectivity index (χ4n) is 2.43. The van der Waals surface area contributed by atoms with Crippen molar-refractivity contribution in [3.8, 4) is 0 Å². The second-order valence-electron chi connectivity index (χ2n) is 6.04. The molecule has 0 bridgehead atoms. The number of Topliss-reactive ketones (excluding diaryl/α,β-unsaturated/α-hetero) is 1. The van der Waals surface area contributed by atoms with E-state index in [1.54, 1.807) is 24.3 Å². The van der Waals surface area contributed by atoms with Gasteiger partial charge in [0.15, 0.2) is 5.78 Å². The fourth-order valence-corrected chi connectivity index (χ4v) is 3.65. The van der Waals surface area contributed by atoms with Crippen LogP contribution in [0.2, 0.25) is 0 Å². The highest BCUT2D eigenvalue weighted by atomic mass is 32.2. The van der Waals surface area contributed by atoms with Crippen molar-refractivity contribution in [2.75, 3.05) is 0 Å². The molecule has 4 nitrogen and oxygen atoms in total. The Morgan fingerprint density at radius 2 is 1.64 bits per heavy atom. The van der Waals surface area contributed by atoms with Crippen LogP contribution in [0.3, 0.4) is 0 Å². The summed E-state index contributed by atoms with van der Waals surface area (Å²) in [5.74, 6) is -0.254. The van der Waals surface area contributed by atoms with Gasteiger partial charge in [-0.1, -0.05) is 55.5 Å². The van der Waals surface area contributed by atoms with Crippen molar-refractivity contribution in [2.24, 2.45) is 0 Å². The average molecular weight is 357 g/mol. The van der Waals surface area contributed by atoms with Crippen LogP contribution in [0.25, 0.3) is 0 Å². The van der Waals surface area contributed by atoms with Crippen LogP contribution in [0.5, 0.6) is 0 Å². The Hall–Kier alpha value is -2.24. The van der Waals surface area contributed by atoms with Crippen molar-refractivity contribution in [3.05, 3.63) is 77.4 Å². The highest BCUT2D eigenvalue weighted by molar-refractivity contribution is 7.89. The number of hydrogen-bond acceptors (Lipinski definition) is 3. The van der Waals surface area contributed by atoms with E-state index >= 15 is 0 Å². The van der Waals surface area contributed by atoms with Gasteiger partial charge < -0.3 is 0 Å². The van der Waals surface area contributed by atoms with E-state index in [2.05, 4.69) is 11.3 Å². The predicted octanol–water partition coefficient (Wildman–Crippen LogP) is 3.72. The number of nitrogens with one attached hydrogen (secondary N) is 1. The monoisotopic (exact) mass is 357 g/mol. The van der Waals surface area contributed by atoms with Crippen molar-refractivity contribution in [2.45, 2.75) is 38.1 Å². The lowest BCUT2D eigenvalue weighted by atomic mass is 9.97. The minimum Gasteiger partial charge on any atom is -0.295 e. The first-order valence-corrected chi connectivity index (χ1v) is 9.60. The molecule has 0 aliphatic heterocycles. The molecule has 25 heavy (non-hydrogen) atoms. The fraction of sp³-hybridized carbons (Fsp3) is 0.250. The van der Waals surface area contributed by atoms with Gasteiger partial charge in [-0.15, -0.1) is 0 Å². The smallest absolute Gasteiger partial charge is 0.241 e. The van der Waals surface area contributed by atoms with E-state index < -0.39 is 16.1 Å². The number of benzene rings is 2. The summed E-state index contributed by atoms with van der Waals surface area (Å²) in [5, 5.41) is 0. The van der Waals surface area contributed by atoms with Crippen LogP contribution in [0.15, 0.2) is 65.6 Å². The molecule has 0 aliphatic rings. The van der Waals surface area contributed by atoms with Crippen LogP contribution < -0.4 is 4.72 Å². The molecule has 0 aliphatic carbocycles. The minimum absolute atomic E-state index is 0.157. The third-order valence-electron chi connectivity index (χ3n) is 4.13. The zero-order chi connectivity index (χ0) is 18.6. The van der Waals surface area contributed by atoms with E-state index in [9.17, 15) is 13.2 Å². The molecule has 1 N–H and O–H groups in total. The molecule has 132 valence electrons.